The average Bonchev–Trinajstić information content (AvgIpc) is 3.16. The second-order valence-electron chi connectivity index (χ2n) is 7.19. The summed E-state index contributed by atoms with van der Waals surface area (Å²) in [6.45, 7) is 0. The van der Waals surface area contributed by atoms with Crippen molar-refractivity contribution in [3.05, 3.63) is 54.3 Å². The normalized spacial score (nSPS) is 10.8. The standard InChI is InChI=1S/2C9H12N4O2.Au/c2*1-10-5-11(2)7-6(10)8(14)13(4)9(15)12(7)3;/h2*1-4H3;. The molecule has 0 atom stereocenters. The van der Waals surface area contributed by atoms with Crippen molar-refractivity contribution in [1.82, 2.24) is 27.4 Å². The molecule has 4 rings (SSSR count). The molecule has 4 heterocycles. The molecule has 0 saturated carbocycles. The Kier molecular flexibility index (Phi) is 6.50. The predicted octanol–water partition coefficient (Wildman–Crippen LogP) is -3.60. The molecule has 0 unspecified atom stereocenters. The molecule has 0 aliphatic carbocycles. The first-order chi connectivity index (χ1) is 13.9. The molecule has 4 aromatic heterocycles. The summed E-state index contributed by atoms with van der Waals surface area (Å²) in [5, 5.41) is 0. The fraction of sp³-hybridized carbons (Fsp3) is 0.444. The van der Waals surface area contributed by atoms with Gasteiger partial charge in [0.05, 0.1) is 28.2 Å². The first kappa shape index (κ1) is 24.3. The second kappa shape index (κ2) is 8.29. The number of hydrogen-bond acceptors (Lipinski definition) is 4. The maximum Gasteiger partial charge on any atom is 0.321 e. The number of imidazole rings is 2. The Balaban J connectivity index is 0.000000213. The van der Waals surface area contributed by atoms with E-state index in [1.54, 1.807) is 60.6 Å². The maximum absolute atomic E-state index is 11.8. The first-order valence-electron chi connectivity index (χ1n) is 8.97. The van der Waals surface area contributed by atoms with Crippen molar-refractivity contribution in [3.63, 3.8) is 0 Å². The van der Waals surface area contributed by atoms with E-state index in [0.717, 1.165) is 9.13 Å². The largest absolute Gasteiger partial charge is 0.341 e. The van der Waals surface area contributed by atoms with Gasteiger partial charge >= 0.3 is 11.4 Å². The van der Waals surface area contributed by atoms with Gasteiger partial charge in [0.15, 0.2) is 0 Å². The predicted molar refractivity (Wildman–Crippen MR) is 107 cm³/mol. The summed E-state index contributed by atoms with van der Waals surface area (Å²) in [6, 6.07) is 0. The quantitative estimate of drug-likeness (QED) is 0.116. The third-order valence-electron chi connectivity index (χ3n) is 5.13. The summed E-state index contributed by atoms with van der Waals surface area (Å²) < 4.78 is 11.5. The fourth-order valence-electron chi connectivity index (χ4n) is 3.63. The van der Waals surface area contributed by atoms with Gasteiger partial charge in [-0.05, 0) is 0 Å². The van der Waals surface area contributed by atoms with Crippen molar-refractivity contribution < 1.29 is 31.5 Å². The van der Waals surface area contributed by atoms with E-state index in [0.29, 0.717) is 22.3 Å². The van der Waals surface area contributed by atoms with Crippen LogP contribution in [-0.4, -0.2) is 27.4 Å². The van der Waals surface area contributed by atoms with Gasteiger partial charge in [-0.25, -0.2) is 9.59 Å². The Bertz CT molecular complexity index is 1440. The average molecular weight is 613 g/mol. The summed E-state index contributed by atoms with van der Waals surface area (Å²) in [7, 11) is 13.2. The Morgan fingerprint density at radius 1 is 0.581 bits per heavy atom. The molecule has 12 nitrogen and oxygen atoms in total. The SMILES string of the molecule is Cn1c(=O)c2c(n(C)[c-][n+]2C)n(C)c1=O.Cn1c(=O)c2c(n(C)[c-][n+]2C)n(C)c1=O.[Au]. The van der Waals surface area contributed by atoms with Gasteiger partial charge in [0.2, 0.25) is 23.8 Å². The number of fused-ring (bicyclic) bond motifs is 2. The molecule has 0 fully saturated rings. The van der Waals surface area contributed by atoms with E-state index in [1.165, 1.54) is 23.2 Å². The van der Waals surface area contributed by atoms with Crippen LogP contribution in [0.3, 0.4) is 0 Å². The first-order valence-corrected chi connectivity index (χ1v) is 8.97. The summed E-state index contributed by atoms with van der Waals surface area (Å²) in [4.78, 5) is 47.0. The zero-order valence-electron chi connectivity index (χ0n) is 18.5. The molecular formula is C18H24AuN8O4. The minimum atomic E-state index is -0.331. The Morgan fingerprint density at radius 3 is 1.16 bits per heavy atom. The van der Waals surface area contributed by atoms with E-state index in [-0.39, 0.29) is 44.9 Å². The van der Waals surface area contributed by atoms with Crippen LogP contribution < -0.4 is 31.6 Å². The minimum Gasteiger partial charge on any atom is -0.341 e. The van der Waals surface area contributed by atoms with Gasteiger partial charge in [-0.2, -0.15) is 0 Å². The number of aromatic nitrogens is 8. The zero-order valence-corrected chi connectivity index (χ0v) is 20.7. The Hall–Kier alpha value is -2.96. The monoisotopic (exact) mass is 613 g/mol. The summed E-state index contributed by atoms with van der Waals surface area (Å²) in [5.41, 5.74) is 0.839. The van der Waals surface area contributed by atoms with E-state index in [2.05, 4.69) is 12.7 Å². The fourth-order valence-corrected chi connectivity index (χ4v) is 3.63. The summed E-state index contributed by atoms with van der Waals surface area (Å²) >= 11 is 0. The Morgan fingerprint density at radius 2 is 0.871 bits per heavy atom. The molecule has 4 aromatic rings. The molecule has 13 heteroatoms. The van der Waals surface area contributed by atoms with Crippen LogP contribution in [0.5, 0.6) is 0 Å². The molecule has 0 spiro atoms. The van der Waals surface area contributed by atoms with Gasteiger partial charge in [-0.1, -0.05) is 0 Å². The van der Waals surface area contributed by atoms with Crippen molar-refractivity contribution in [2.45, 2.75) is 0 Å². The molecule has 0 bridgehead atoms. The zero-order chi connectivity index (χ0) is 22.7. The molecule has 31 heavy (non-hydrogen) atoms. The van der Waals surface area contributed by atoms with Crippen molar-refractivity contribution in [2.24, 2.45) is 56.4 Å². The van der Waals surface area contributed by atoms with Crippen LogP contribution in [0.25, 0.3) is 22.3 Å². The third kappa shape index (κ3) is 3.56. The van der Waals surface area contributed by atoms with Gasteiger partial charge in [0.25, 0.3) is 0 Å². The van der Waals surface area contributed by atoms with E-state index in [4.69, 9.17) is 0 Å². The van der Waals surface area contributed by atoms with Crippen LogP contribution in [0.2, 0.25) is 0 Å². The van der Waals surface area contributed by atoms with Gasteiger partial charge in [-0.3, -0.25) is 18.7 Å². The van der Waals surface area contributed by atoms with Crippen molar-refractivity contribution >= 4 is 22.3 Å². The molecule has 0 amide bonds. The van der Waals surface area contributed by atoms with Crippen molar-refractivity contribution in [3.8, 4) is 0 Å². The topological polar surface area (TPSA) is 106 Å². The maximum atomic E-state index is 11.8. The molecule has 0 aliphatic rings. The van der Waals surface area contributed by atoms with Gasteiger partial charge < -0.3 is 27.4 Å². The van der Waals surface area contributed by atoms with Gasteiger partial charge in [0, 0.05) is 50.6 Å². The van der Waals surface area contributed by atoms with Crippen LogP contribution in [0.1, 0.15) is 0 Å². The van der Waals surface area contributed by atoms with Crippen LogP contribution in [0.4, 0.5) is 0 Å². The van der Waals surface area contributed by atoms with Crippen molar-refractivity contribution in [2.75, 3.05) is 0 Å². The summed E-state index contributed by atoms with van der Waals surface area (Å²) in [5.74, 6) is 0. The van der Waals surface area contributed by atoms with E-state index in [9.17, 15) is 19.2 Å². The van der Waals surface area contributed by atoms with Crippen LogP contribution in [0, 0.1) is 12.7 Å². The van der Waals surface area contributed by atoms with E-state index >= 15 is 0 Å². The van der Waals surface area contributed by atoms with Crippen LogP contribution in [0.15, 0.2) is 19.2 Å². The van der Waals surface area contributed by atoms with Gasteiger partial charge in [-0.15, -0.1) is 0 Å². The number of nitrogens with zero attached hydrogens (tertiary/aromatic N) is 8. The molecule has 0 N–H and O–H groups in total. The summed E-state index contributed by atoms with van der Waals surface area (Å²) in [6.07, 6.45) is 5.82. The molecule has 171 valence electrons. The van der Waals surface area contributed by atoms with E-state index < -0.39 is 0 Å². The van der Waals surface area contributed by atoms with Crippen LogP contribution in [-0.2, 0) is 78.8 Å². The van der Waals surface area contributed by atoms with Crippen molar-refractivity contribution in [1.29, 1.82) is 0 Å². The minimum absolute atomic E-state index is 0. The van der Waals surface area contributed by atoms with E-state index in [1.807, 2.05) is 0 Å². The smallest absolute Gasteiger partial charge is 0.321 e. The second-order valence-corrected chi connectivity index (χ2v) is 7.19. The number of hydrogen-bond donors (Lipinski definition) is 0. The number of rotatable bonds is 0. The number of aryl methyl sites for hydroxylation is 6. The van der Waals surface area contributed by atoms with Crippen LogP contribution >= 0.6 is 0 Å². The third-order valence-corrected chi connectivity index (χ3v) is 5.13. The molecular weight excluding hydrogens is 589 g/mol. The van der Waals surface area contributed by atoms with Gasteiger partial charge in [0.1, 0.15) is 22.3 Å². The molecule has 0 saturated heterocycles. The Labute approximate surface area is 191 Å². The molecule has 1 radical (unpaired) electrons. The molecule has 0 aromatic carbocycles. The molecule has 0 aliphatic heterocycles.